The lowest BCUT2D eigenvalue weighted by molar-refractivity contribution is 0.0941. The van der Waals surface area contributed by atoms with Crippen LogP contribution in [0.4, 0.5) is 5.82 Å². The lowest BCUT2D eigenvalue weighted by Gasteiger charge is -2.12. The Hall–Kier alpha value is -2.61. The summed E-state index contributed by atoms with van der Waals surface area (Å²) in [5.74, 6) is 1.29. The van der Waals surface area contributed by atoms with E-state index in [2.05, 4.69) is 15.6 Å². The molecule has 0 spiro atoms. The predicted octanol–water partition coefficient (Wildman–Crippen LogP) is 1.66. The van der Waals surface area contributed by atoms with Gasteiger partial charge in [0.15, 0.2) is 9.84 Å². The summed E-state index contributed by atoms with van der Waals surface area (Å²) in [5.41, 5.74) is 1.54. The number of amides is 1. The number of hydrogen-bond donors (Lipinski definition) is 2. The molecule has 0 saturated carbocycles. The first kappa shape index (κ1) is 19.2. The third-order valence-corrected chi connectivity index (χ3v) is 6.25. The normalized spacial score (nSPS) is 18.0. The second-order valence-electron chi connectivity index (χ2n) is 6.49. The summed E-state index contributed by atoms with van der Waals surface area (Å²) in [6, 6.07) is 10.8. The number of ether oxygens (including phenoxy) is 1. The molecule has 2 heterocycles. The average Bonchev–Trinajstić information content (AvgIpc) is 3.00. The second-order valence-corrected chi connectivity index (χ2v) is 8.72. The summed E-state index contributed by atoms with van der Waals surface area (Å²) in [6.07, 6.45) is 2.77. The lowest BCUT2D eigenvalue weighted by Crippen LogP contribution is -2.35. The summed E-state index contributed by atoms with van der Waals surface area (Å²) < 4.78 is 28.4. The van der Waals surface area contributed by atoms with Gasteiger partial charge in [-0.05, 0) is 36.6 Å². The molecule has 144 valence electrons. The van der Waals surface area contributed by atoms with Crippen LogP contribution in [0.3, 0.4) is 0 Å². The average molecular weight is 389 g/mol. The van der Waals surface area contributed by atoms with Gasteiger partial charge in [0.1, 0.15) is 11.6 Å². The predicted molar refractivity (Wildman–Crippen MR) is 104 cm³/mol. The van der Waals surface area contributed by atoms with E-state index in [0.29, 0.717) is 24.3 Å². The molecular weight excluding hydrogens is 366 g/mol. The highest BCUT2D eigenvalue weighted by Crippen LogP contribution is 2.18. The summed E-state index contributed by atoms with van der Waals surface area (Å²) in [5, 5.41) is 5.99. The minimum Gasteiger partial charge on any atom is -0.496 e. The summed E-state index contributed by atoms with van der Waals surface area (Å²) >= 11 is 0. The fourth-order valence-electron chi connectivity index (χ4n) is 3.08. The molecule has 8 heteroatoms. The number of nitrogens with zero attached hydrogens (tertiary/aromatic N) is 1. The van der Waals surface area contributed by atoms with E-state index in [9.17, 15) is 13.2 Å². The van der Waals surface area contributed by atoms with Gasteiger partial charge in [-0.3, -0.25) is 4.79 Å². The highest BCUT2D eigenvalue weighted by molar-refractivity contribution is 7.91. The number of sulfone groups is 1. The maximum Gasteiger partial charge on any atom is 0.251 e. The molecule has 1 unspecified atom stereocenters. The first-order valence-corrected chi connectivity index (χ1v) is 10.6. The van der Waals surface area contributed by atoms with Crippen LogP contribution >= 0.6 is 0 Å². The molecule has 1 aromatic heterocycles. The number of carbonyl (C=O) groups is 1. The van der Waals surface area contributed by atoms with E-state index in [1.165, 1.54) is 0 Å². The number of nitrogens with one attached hydrogen (secondary N) is 2. The molecule has 27 heavy (non-hydrogen) atoms. The zero-order valence-corrected chi connectivity index (χ0v) is 16.0. The van der Waals surface area contributed by atoms with Gasteiger partial charge in [-0.1, -0.05) is 18.2 Å². The van der Waals surface area contributed by atoms with Crippen LogP contribution in [0.2, 0.25) is 0 Å². The summed E-state index contributed by atoms with van der Waals surface area (Å²) in [7, 11) is -1.38. The number of anilines is 1. The van der Waals surface area contributed by atoms with Gasteiger partial charge in [0.05, 0.1) is 18.6 Å². The monoisotopic (exact) mass is 389 g/mol. The van der Waals surface area contributed by atoms with Gasteiger partial charge < -0.3 is 15.4 Å². The molecule has 0 bridgehead atoms. The molecule has 0 aliphatic carbocycles. The second kappa shape index (κ2) is 8.39. The zero-order valence-electron chi connectivity index (χ0n) is 15.1. The Morgan fingerprint density at radius 2 is 2.11 bits per heavy atom. The fourth-order valence-corrected chi connectivity index (χ4v) is 4.75. The van der Waals surface area contributed by atoms with Crippen LogP contribution < -0.4 is 15.4 Å². The highest BCUT2D eigenvalue weighted by atomic mass is 32.2. The number of methoxy groups -OCH3 is 1. The Kier molecular flexibility index (Phi) is 5.95. The summed E-state index contributed by atoms with van der Waals surface area (Å²) in [6.45, 7) is 0.638. The standard InChI is InChI=1S/C19H23N3O4S/c1-26-17-5-3-2-4-14(17)6-9-20-18-12-15(7-10-21-18)19(23)22-16-8-11-27(24,25)13-16/h2-5,7,10,12,16H,6,8-9,11,13H2,1H3,(H,20,21)(H,22,23). The Morgan fingerprint density at radius 1 is 1.30 bits per heavy atom. The van der Waals surface area contributed by atoms with Gasteiger partial charge in [-0.15, -0.1) is 0 Å². The number of hydrogen-bond acceptors (Lipinski definition) is 6. The number of carbonyl (C=O) groups excluding carboxylic acids is 1. The zero-order chi connectivity index (χ0) is 19.3. The number of para-hydroxylation sites is 1. The number of rotatable bonds is 7. The van der Waals surface area contributed by atoms with Gasteiger partial charge in [0.25, 0.3) is 5.91 Å². The van der Waals surface area contributed by atoms with Crippen molar-refractivity contribution in [3.8, 4) is 5.75 Å². The van der Waals surface area contributed by atoms with Crippen molar-refractivity contribution >= 4 is 21.6 Å². The van der Waals surface area contributed by atoms with E-state index in [0.717, 1.165) is 17.7 Å². The van der Waals surface area contributed by atoms with Crippen molar-refractivity contribution in [2.24, 2.45) is 0 Å². The first-order chi connectivity index (χ1) is 13.0. The van der Waals surface area contributed by atoms with Crippen LogP contribution in [0.1, 0.15) is 22.3 Å². The molecule has 3 rings (SSSR count). The maximum absolute atomic E-state index is 12.4. The van der Waals surface area contributed by atoms with E-state index < -0.39 is 9.84 Å². The van der Waals surface area contributed by atoms with Gasteiger partial charge in [-0.2, -0.15) is 0 Å². The van der Waals surface area contributed by atoms with Crippen LogP contribution in [-0.4, -0.2) is 50.5 Å². The van der Waals surface area contributed by atoms with Crippen molar-refractivity contribution in [1.82, 2.24) is 10.3 Å². The molecule has 0 radical (unpaired) electrons. The molecule has 2 aromatic rings. The van der Waals surface area contributed by atoms with Crippen LogP contribution in [0.25, 0.3) is 0 Å². The van der Waals surface area contributed by atoms with Gasteiger partial charge in [0, 0.05) is 24.3 Å². The molecule has 1 aliphatic heterocycles. The third-order valence-electron chi connectivity index (χ3n) is 4.48. The number of aromatic nitrogens is 1. The Balaban J connectivity index is 1.56. The Bertz CT molecular complexity index is 915. The Morgan fingerprint density at radius 3 is 2.85 bits per heavy atom. The molecular formula is C19H23N3O4S. The highest BCUT2D eigenvalue weighted by Gasteiger charge is 2.29. The molecule has 1 atom stereocenters. The van der Waals surface area contributed by atoms with E-state index in [1.807, 2.05) is 24.3 Å². The summed E-state index contributed by atoms with van der Waals surface area (Å²) in [4.78, 5) is 16.6. The van der Waals surface area contributed by atoms with Gasteiger partial charge in [-0.25, -0.2) is 13.4 Å². The number of pyridine rings is 1. The van der Waals surface area contributed by atoms with Crippen LogP contribution in [0.15, 0.2) is 42.6 Å². The van der Waals surface area contributed by atoms with Crippen LogP contribution in [0.5, 0.6) is 5.75 Å². The minimum absolute atomic E-state index is 0.00778. The molecule has 1 fully saturated rings. The van der Waals surface area contributed by atoms with E-state index in [4.69, 9.17) is 4.74 Å². The van der Waals surface area contributed by atoms with E-state index in [-0.39, 0.29) is 23.5 Å². The van der Waals surface area contributed by atoms with Crippen molar-refractivity contribution in [2.45, 2.75) is 18.9 Å². The van der Waals surface area contributed by atoms with Crippen LogP contribution in [0, 0.1) is 0 Å². The van der Waals surface area contributed by atoms with Crippen molar-refractivity contribution in [1.29, 1.82) is 0 Å². The first-order valence-electron chi connectivity index (χ1n) is 8.80. The van der Waals surface area contributed by atoms with Crippen LogP contribution in [-0.2, 0) is 16.3 Å². The third kappa shape index (κ3) is 5.19. The Labute approximate surface area is 159 Å². The molecule has 1 saturated heterocycles. The quantitative estimate of drug-likeness (QED) is 0.748. The fraction of sp³-hybridized carbons (Fsp3) is 0.368. The van der Waals surface area contributed by atoms with E-state index >= 15 is 0 Å². The van der Waals surface area contributed by atoms with Gasteiger partial charge in [0.2, 0.25) is 0 Å². The molecule has 2 N–H and O–H groups in total. The topological polar surface area (TPSA) is 97.4 Å². The van der Waals surface area contributed by atoms with Crippen molar-refractivity contribution in [3.63, 3.8) is 0 Å². The van der Waals surface area contributed by atoms with E-state index in [1.54, 1.807) is 25.4 Å². The van der Waals surface area contributed by atoms with Crippen molar-refractivity contribution < 1.29 is 17.9 Å². The van der Waals surface area contributed by atoms with Crippen molar-refractivity contribution in [2.75, 3.05) is 30.5 Å². The maximum atomic E-state index is 12.4. The minimum atomic E-state index is -3.03. The van der Waals surface area contributed by atoms with Crippen molar-refractivity contribution in [3.05, 3.63) is 53.7 Å². The molecule has 1 aromatic carbocycles. The van der Waals surface area contributed by atoms with Gasteiger partial charge >= 0.3 is 0 Å². The number of benzene rings is 1. The molecule has 1 aliphatic rings. The molecule has 7 nitrogen and oxygen atoms in total. The molecule has 1 amide bonds. The smallest absolute Gasteiger partial charge is 0.251 e. The lowest BCUT2D eigenvalue weighted by atomic mass is 10.1. The SMILES string of the molecule is COc1ccccc1CCNc1cc(C(=O)NC2CCS(=O)(=O)C2)ccn1. The largest absolute Gasteiger partial charge is 0.496 e.